The molecule has 0 saturated carbocycles. The van der Waals surface area contributed by atoms with Crippen LogP contribution >= 0.6 is 23.2 Å². The Morgan fingerprint density at radius 3 is 2.92 bits per heavy atom. The molecular formula is C9H11Cl2F. The summed E-state index contributed by atoms with van der Waals surface area (Å²) >= 11 is 11.4. The molecule has 0 bridgehead atoms. The fourth-order valence-corrected chi connectivity index (χ4v) is 1.82. The van der Waals surface area contributed by atoms with Crippen molar-refractivity contribution in [1.29, 1.82) is 0 Å². The van der Waals surface area contributed by atoms with E-state index in [1.807, 2.05) is 13.0 Å². The second kappa shape index (κ2) is 4.29. The van der Waals surface area contributed by atoms with Crippen LogP contribution in [-0.2, 0) is 0 Å². The van der Waals surface area contributed by atoms with Gasteiger partial charge in [0.1, 0.15) is 5.83 Å². The summed E-state index contributed by atoms with van der Waals surface area (Å²) in [6, 6.07) is 0. The van der Waals surface area contributed by atoms with Crippen LogP contribution in [0.4, 0.5) is 4.39 Å². The monoisotopic (exact) mass is 208 g/mol. The van der Waals surface area contributed by atoms with Gasteiger partial charge in [0.25, 0.3) is 0 Å². The first-order valence-electron chi connectivity index (χ1n) is 3.88. The van der Waals surface area contributed by atoms with E-state index in [4.69, 9.17) is 23.2 Å². The van der Waals surface area contributed by atoms with E-state index in [2.05, 4.69) is 0 Å². The Kier molecular flexibility index (Phi) is 3.60. The number of rotatable bonds is 1. The first-order chi connectivity index (χ1) is 5.65. The van der Waals surface area contributed by atoms with Gasteiger partial charge in [-0.05, 0) is 25.3 Å². The zero-order valence-corrected chi connectivity index (χ0v) is 8.42. The first-order valence-corrected chi connectivity index (χ1v) is 4.85. The van der Waals surface area contributed by atoms with Crippen molar-refractivity contribution in [3.8, 4) is 0 Å². The molecular weight excluding hydrogens is 198 g/mol. The van der Waals surface area contributed by atoms with Gasteiger partial charge in [0.2, 0.25) is 0 Å². The van der Waals surface area contributed by atoms with Crippen LogP contribution in [0.5, 0.6) is 0 Å². The molecule has 0 N–H and O–H groups in total. The molecule has 0 heterocycles. The number of allylic oxidation sites excluding steroid dienone is 4. The predicted octanol–water partition coefficient (Wildman–Crippen LogP) is 3.80. The Balaban J connectivity index is 2.86. The molecule has 0 fully saturated rings. The van der Waals surface area contributed by atoms with Gasteiger partial charge in [-0.15, -0.1) is 23.2 Å². The lowest BCUT2D eigenvalue weighted by Crippen LogP contribution is -2.01. The van der Waals surface area contributed by atoms with E-state index in [0.29, 0.717) is 18.4 Å². The fourth-order valence-electron chi connectivity index (χ4n) is 1.19. The number of alkyl halides is 2. The maximum Gasteiger partial charge on any atom is 0.119 e. The van der Waals surface area contributed by atoms with Crippen LogP contribution in [0.25, 0.3) is 0 Å². The molecule has 12 heavy (non-hydrogen) atoms. The molecule has 1 aliphatic rings. The molecule has 3 heteroatoms. The molecule has 1 unspecified atom stereocenters. The highest BCUT2D eigenvalue weighted by Crippen LogP contribution is 2.28. The van der Waals surface area contributed by atoms with Crippen LogP contribution in [0.3, 0.4) is 0 Å². The van der Waals surface area contributed by atoms with Gasteiger partial charge in [0, 0.05) is 5.88 Å². The minimum Gasteiger partial charge on any atom is -0.210 e. The standard InChI is InChI=1S/C9H11Cl2F/c1-6-2-3-7(5-10)9(12)8(11)4-6/h2,8H,3-5H2,1H3. The van der Waals surface area contributed by atoms with Gasteiger partial charge < -0.3 is 0 Å². The largest absolute Gasteiger partial charge is 0.210 e. The fraction of sp³-hybridized carbons (Fsp3) is 0.556. The van der Waals surface area contributed by atoms with E-state index in [1.165, 1.54) is 0 Å². The summed E-state index contributed by atoms with van der Waals surface area (Å²) in [6.07, 6.45) is 3.18. The van der Waals surface area contributed by atoms with E-state index in [9.17, 15) is 4.39 Å². The molecule has 1 atom stereocenters. The maximum absolute atomic E-state index is 13.3. The smallest absolute Gasteiger partial charge is 0.119 e. The minimum absolute atomic E-state index is 0.235. The van der Waals surface area contributed by atoms with Crippen molar-refractivity contribution < 1.29 is 4.39 Å². The Hall–Kier alpha value is -0.0100. The van der Waals surface area contributed by atoms with Crippen molar-refractivity contribution in [1.82, 2.24) is 0 Å². The number of hydrogen-bond acceptors (Lipinski definition) is 0. The average molecular weight is 209 g/mol. The van der Waals surface area contributed by atoms with Crippen LogP contribution in [0.15, 0.2) is 23.0 Å². The minimum atomic E-state index is -0.516. The van der Waals surface area contributed by atoms with Crippen LogP contribution in [0.2, 0.25) is 0 Å². The lowest BCUT2D eigenvalue weighted by molar-refractivity contribution is 0.582. The Morgan fingerprint density at radius 1 is 1.67 bits per heavy atom. The van der Waals surface area contributed by atoms with Crippen molar-refractivity contribution >= 4 is 23.2 Å². The van der Waals surface area contributed by atoms with Gasteiger partial charge in [0.15, 0.2) is 0 Å². The van der Waals surface area contributed by atoms with E-state index in [-0.39, 0.29) is 11.7 Å². The molecule has 0 spiro atoms. The summed E-state index contributed by atoms with van der Waals surface area (Å²) in [5, 5.41) is -0.516. The number of hydrogen-bond donors (Lipinski definition) is 0. The van der Waals surface area contributed by atoms with Crippen LogP contribution < -0.4 is 0 Å². The highest BCUT2D eigenvalue weighted by Gasteiger charge is 2.18. The third-order valence-corrected chi connectivity index (χ3v) is 2.64. The molecule has 0 saturated heterocycles. The van der Waals surface area contributed by atoms with Crippen molar-refractivity contribution in [2.24, 2.45) is 0 Å². The van der Waals surface area contributed by atoms with Crippen molar-refractivity contribution in [2.75, 3.05) is 5.88 Å². The molecule has 1 rings (SSSR count). The Morgan fingerprint density at radius 2 is 2.33 bits per heavy atom. The molecule has 0 aromatic rings. The lowest BCUT2D eigenvalue weighted by atomic mass is 10.1. The zero-order chi connectivity index (χ0) is 9.14. The summed E-state index contributed by atoms with van der Waals surface area (Å²) in [5.41, 5.74) is 1.75. The predicted molar refractivity (Wildman–Crippen MR) is 51.5 cm³/mol. The summed E-state index contributed by atoms with van der Waals surface area (Å²) < 4.78 is 13.3. The molecule has 0 aliphatic heterocycles. The van der Waals surface area contributed by atoms with E-state index >= 15 is 0 Å². The van der Waals surface area contributed by atoms with Gasteiger partial charge in [-0.3, -0.25) is 0 Å². The van der Waals surface area contributed by atoms with Crippen LogP contribution in [0.1, 0.15) is 19.8 Å². The van der Waals surface area contributed by atoms with Gasteiger partial charge >= 0.3 is 0 Å². The van der Waals surface area contributed by atoms with Crippen molar-refractivity contribution in [3.05, 3.63) is 23.0 Å². The lowest BCUT2D eigenvalue weighted by Gasteiger charge is -2.06. The molecule has 68 valence electrons. The van der Waals surface area contributed by atoms with Crippen LogP contribution in [0, 0.1) is 0 Å². The summed E-state index contributed by atoms with van der Waals surface area (Å²) in [4.78, 5) is 0. The zero-order valence-electron chi connectivity index (χ0n) is 6.91. The van der Waals surface area contributed by atoms with Gasteiger partial charge in [-0.2, -0.15) is 0 Å². The molecule has 0 aromatic heterocycles. The summed E-state index contributed by atoms with van der Waals surface area (Å²) in [5.74, 6) is -0.00137. The van der Waals surface area contributed by atoms with Crippen molar-refractivity contribution in [3.63, 3.8) is 0 Å². The number of halogens is 3. The first kappa shape index (κ1) is 10.1. The summed E-state index contributed by atoms with van der Waals surface area (Å²) in [6.45, 7) is 1.96. The second-order valence-corrected chi connectivity index (χ2v) is 3.81. The Labute approximate surface area is 82.0 Å². The van der Waals surface area contributed by atoms with Gasteiger partial charge in [-0.25, -0.2) is 4.39 Å². The average Bonchev–Trinajstić information content (AvgIpc) is 2.14. The quantitative estimate of drug-likeness (QED) is 0.455. The third kappa shape index (κ3) is 2.24. The van der Waals surface area contributed by atoms with Crippen molar-refractivity contribution in [2.45, 2.75) is 25.1 Å². The molecule has 0 radical (unpaired) electrons. The Bertz CT molecular complexity index is 231. The summed E-state index contributed by atoms with van der Waals surface area (Å²) in [7, 11) is 0. The molecule has 0 amide bonds. The van der Waals surface area contributed by atoms with Crippen LogP contribution in [-0.4, -0.2) is 11.3 Å². The normalized spacial score (nSPS) is 25.3. The molecule has 0 nitrogen and oxygen atoms in total. The second-order valence-electron chi connectivity index (χ2n) is 3.01. The topological polar surface area (TPSA) is 0 Å². The SMILES string of the molecule is CC1=CCC(CCl)=C(F)C(Cl)C1. The van der Waals surface area contributed by atoms with E-state index in [0.717, 1.165) is 5.57 Å². The van der Waals surface area contributed by atoms with E-state index in [1.54, 1.807) is 0 Å². The van der Waals surface area contributed by atoms with Gasteiger partial charge in [-0.1, -0.05) is 11.6 Å². The highest BCUT2D eigenvalue weighted by molar-refractivity contribution is 6.23. The van der Waals surface area contributed by atoms with E-state index < -0.39 is 5.38 Å². The highest BCUT2D eigenvalue weighted by atomic mass is 35.5. The molecule has 1 aliphatic carbocycles. The van der Waals surface area contributed by atoms with Gasteiger partial charge in [0.05, 0.1) is 5.38 Å². The maximum atomic E-state index is 13.3. The third-order valence-electron chi connectivity index (χ3n) is 1.97. The molecule has 0 aromatic carbocycles.